The molecule has 0 bridgehead atoms. The van der Waals surface area contributed by atoms with Crippen LogP contribution in [-0.4, -0.2) is 15.1 Å². The number of halogens is 1. The topological polar surface area (TPSA) is 66.0 Å². The maximum absolute atomic E-state index is 11.3. The number of hydrogen-bond donors (Lipinski definition) is 2. The maximum Gasteiger partial charge on any atom is 0.251 e. The van der Waals surface area contributed by atoms with Gasteiger partial charge in [-0.25, -0.2) is 4.98 Å². The van der Waals surface area contributed by atoms with Crippen molar-refractivity contribution in [1.82, 2.24) is 9.97 Å². The van der Waals surface area contributed by atoms with Gasteiger partial charge in [0.25, 0.3) is 5.56 Å². The molecule has 2 rings (SSSR count). The second kappa shape index (κ2) is 3.98. The molecule has 0 saturated carbocycles. The Kier molecular flexibility index (Phi) is 2.66. The van der Waals surface area contributed by atoms with Gasteiger partial charge in [0.2, 0.25) is 0 Å². The molecule has 1 aromatic carbocycles. The van der Waals surface area contributed by atoms with Crippen molar-refractivity contribution in [2.75, 3.05) is 0 Å². The van der Waals surface area contributed by atoms with E-state index in [1.54, 1.807) is 19.1 Å². The van der Waals surface area contributed by atoms with Crippen LogP contribution in [0.3, 0.4) is 0 Å². The molecule has 0 aliphatic rings. The molecular formula is C11H9ClN2O2. The lowest BCUT2D eigenvalue weighted by Crippen LogP contribution is -2.08. The van der Waals surface area contributed by atoms with Gasteiger partial charge in [0, 0.05) is 17.3 Å². The van der Waals surface area contributed by atoms with Crippen molar-refractivity contribution in [2.24, 2.45) is 0 Å². The van der Waals surface area contributed by atoms with E-state index in [1.165, 1.54) is 12.1 Å². The second-order valence-electron chi connectivity index (χ2n) is 3.40. The molecule has 0 atom stereocenters. The third-order valence-electron chi connectivity index (χ3n) is 2.09. The quantitative estimate of drug-likeness (QED) is 0.797. The molecule has 0 fully saturated rings. The van der Waals surface area contributed by atoms with Gasteiger partial charge in [-0.05, 0) is 25.1 Å². The fourth-order valence-corrected chi connectivity index (χ4v) is 1.55. The van der Waals surface area contributed by atoms with E-state index in [0.717, 1.165) is 0 Å². The summed E-state index contributed by atoms with van der Waals surface area (Å²) >= 11 is 5.77. The Hall–Kier alpha value is -1.81. The minimum Gasteiger partial charge on any atom is -0.506 e. The number of phenolic OH excluding ortho intramolecular Hbond substituents is 1. The van der Waals surface area contributed by atoms with E-state index in [-0.39, 0.29) is 16.3 Å². The molecule has 82 valence electrons. The summed E-state index contributed by atoms with van der Waals surface area (Å²) in [6.07, 6.45) is 0. The Bertz CT molecular complexity index is 593. The number of nitrogens with zero attached hydrogens (tertiary/aromatic N) is 1. The highest BCUT2D eigenvalue weighted by Crippen LogP contribution is 2.27. The molecule has 0 radical (unpaired) electrons. The average molecular weight is 237 g/mol. The molecule has 0 aliphatic heterocycles. The monoisotopic (exact) mass is 236 g/mol. The van der Waals surface area contributed by atoms with Crippen LogP contribution in [-0.2, 0) is 0 Å². The fraction of sp³-hybridized carbons (Fsp3) is 0.0909. The highest BCUT2D eigenvalue weighted by Gasteiger charge is 2.05. The van der Waals surface area contributed by atoms with Gasteiger partial charge in [0.15, 0.2) is 0 Å². The molecule has 0 aliphatic carbocycles. The largest absolute Gasteiger partial charge is 0.506 e. The zero-order valence-electron chi connectivity index (χ0n) is 8.49. The number of H-pyrrole nitrogens is 1. The van der Waals surface area contributed by atoms with Crippen molar-refractivity contribution >= 4 is 11.6 Å². The zero-order chi connectivity index (χ0) is 11.7. The van der Waals surface area contributed by atoms with E-state index in [2.05, 4.69) is 9.97 Å². The van der Waals surface area contributed by atoms with E-state index in [9.17, 15) is 9.90 Å². The van der Waals surface area contributed by atoms with E-state index < -0.39 is 0 Å². The van der Waals surface area contributed by atoms with Crippen LogP contribution < -0.4 is 5.56 Å². The van der Waals surface area contributed by atoms with Crippen molar-refractivity contribution in [2.45, 2.75) is 6.92 Å². The van der Waals surface area contributed by atoms with Gasteiger partial charge < -0.3 is 10.1 Å². The Morgan fingerprint density at radius 1 is 1.38 bits per heavy atom. The summed E-state index contributed by atoms with van der Waals surface area (Å²) in [5.41, 5.74) is 1.07. The second-order valence-corrected chi connectivity index (χ2v) is 3.81. The summed E-state index contributed by atoms with van der Waals surface area (Å²) in [6.45, 7) is 1.74. The first kappa shape index (κ1) is 10.7. The summed E-state index contributed by atoms with van der Waals surface area (Å²) < 4.78 is 0. The first-order chi connectivity index (χ1) is 7.56. The lowest BCUT2D eigenvalue weighted by Gasteiger charge is -2.03. The Morgan fingerprint density at radius 2 is 2.12 bits per heavy atom. The van der Waals surface area contributed by atoms with Crippen LogP contribution in [0, 0.1) is 6.92 Å². The average Bonchev–Trinajstić information content (AvgIpc) is 2.20. The van der Waals surface area contributed by atoms with Gasteiger partial charge >= 0.3 is 0 Å². The van der Waals surface area contributed by atoms with E-state index in [1.807, 2.05) is 0 Å². The highest BCUT2D eigenvalue weighted by molar-refractivity contribution is 6.32. The molecule has 1 aromatic heterocycles. The summed E-state index contributed by atoms with van der Waals surface area (Å²) in [5, 5.41) is 9.50. The van der Waals surface area contributed by atoms with Gasteiger partial charge in [0.05, 0.1) is 5.02 Å². The lowest BCUT2D eigenvalue weighted by molar-refractivity contribution is 0.475. The fourth-order valence-electron chi connectivity index (χ4n) is 1.37. The zero-order valence-corrected chi connectivity index (χ0v) is 9.25. The maximum atomic E-state index is 11.3. The molecule has 0 saturated heterocycles. The van der Waals surface area contributed by atoms with Crippen molar-refractivity contribution < 1.29 is 5.11 Å². The number of hydrogen-bond acceptors (Lipinski definition) is 3. The number of aryl methyl sites for hydroxylation is 1. The summed E-state index contributed by atoms with van der Waals surface area (Å²) in [5.74, 6) is 0.437. The molecule has 2 aromatic rings. The summed E-state index contributed by atoms with van der Waals surface area (Å²) in [7, 11) is 0. The summed E-state index contributed by atoms with van der Waals surface area (Å²) in [4.78, 5) is 18.0. The van der Waals surface area contributed by atoms with Gasteiger partial charge in [-0.15, -0.1) is 0 Å². The molecule has 4 nitrogen and oxygen atoms in total. The number of phenols is 1. The van der Waals surface area contributed by atoms with Gasteiger partial charge in [0.1, 0.15) is 11.6 Å². The number of aromatic amines is 1. The predicted molar refractivity (Wildman–Crippen MR) is 61.7 cm³/mol. The molecule has 16 heavy (non-hydrogen) atoms. The Labute approximate surface area is 96.6 Å². The minimum atomic E-state index is -0.216. The first-order valence-electron chi connectivity index (χ1n) is 4.63. The van der Waals surface area contributed by atoms with Crippen molar-refractivity contribution in [3.63, 3.8) is 0 Å². The lowest BCUT2D eigenvalue weighted by atomic mass is 10.2. The molecular weight excluding hydrogens is 228 g/mol. The number of nitrogens with one attached hydrogen (secondary N) is 1. The van der Waals surface area contributed by atoms with Crippen LogP contribution in [0.5, 0.6) is 5.75 Å². The van der Waals surface area contributed by atoms with E-state index >= 15 is 0 Å². The number of aromatic nitrogens is 2. The standard InChI is InChI=1S/C11H9ClN2O2/c1-6-4-10(16)14-11(13-6)7-2-3-9(15)8(12)5-7/h2-5,15H,1H3,(H,13,14,16). The molecule has 0 amide bonds. The van der Waals surface area contributed by atoms with Crippen molar-refractivity contribution in [3.05, 3.63) is 45.3 Å². The SMILES string of the molecule is Cc1cc(=O)[nH]c(-c2ccc(O)c(Cl)c2)n1. The van der Waals surface area contributed by atoms with E-state index in [4.69, 9.17) is 11.6 Å². The smallest absolute Gasteiger partial charge is 0.251 e. The molecule has 2 N–H and O–H groups in total. The molecule has 5 heteroatoms. The van der Waals surface area contributed by atoms with Crippen LogP contribution in [0.2, 0.25) is 5.02 Å². The predicted octanol–water partition coefficient (Wildman–Crippen LogP) is 2.10. The summed E-state index contributed by atoms with van der Waals surface area (Å²) in [6, 6.07) is 6.05. The Balaban J connectivity index is 2.58. The van der Waals surface area contributed by atoms with Crippen molar-refractivity contribution in [3.8, 4) is 17.1 Å². The minimum absolute atomic E-state index is 0.000386. The van der Waals surface area contributed by atoms with Gasteiger partial charge in [-0.3, -0.25) is 4.79 Å². The van der Waals surface area contributed by atoms with Crippen LogP contribution in [0.15, 0.2) is 29.1 Å². The van der Waals surface area contributed by atoms with Crippen LogP contribution in [0.1, 0.15) is 5.69 Å². The molecule has 1 heterocycles. The molecule has 0 spiro atoms. The van der Waals surface area contributed by atoms with Crippen LogP contribution in [0.4, 0.5) is 0 Å². The van der Waals surface area contributed by atoms with Crippen LogP contribution in [0.25, 0.3) is 11.4 Å². The van der Waals surface area contributed by atoms with E-state index in [0.29, 0.717) is 17.1 Å². The number of rotatable bonds is 1. The van der Waals surface area contributed by atoms with Gasteiger partial charge in [-0.1, -0.05) is 11.6 Å². The Morgan fingerprint density at radius 3 is 2.75 bits per heavy atom. The number of benzene rings is 1. The first-order valence-corrected chi connectivity index (χ1v) is 5.01. The normalized spacial score (nSPS) is 10.4. The third-order valence-corrected chi connectivity index (χ3v) is 2.39. The van der Waals surface area contributed by atoms with Crippen LogP contribution >= 0.6 is 11.6 Å². The van der Waals surface area contributed by atoms with Crippen molar-refractivity contribution in [1.29, 1.82) is 0 Å². The molecule has 0 unspecified atom stereocenters. The highest BCUT2D eigenvalue weighted by atomic mass is 35.5. The number of aromatic hydroxyl groups is 1. The third kappa shape index (κ3) is 2.06. The van der Waals surface area contributed by atoms with Gasteiger partial charge in [-0.2, -0.15) is 0 Å².